The minimum Gasteiger partial charge on any atom is -0.379 e. The molecule has 4 heterocycles. The van der Waals surface area contributed by atoms with E-state index in [9.17, 15) is 9.18 Å². The summed E-state index contributed by atoms with van der Waals surface area (Å²) in [6.45, 7) is 16.9. The Bertz CT molecular complexity index is 1190. The second-order valence-electron chi connectivity index (χ2n) is 12.3. The molecule has 39 heavy (non-hydrogen) atoms. The minimum atomic E-state index is -0.245. The molecule has 3 atom stereocenters. The van der Waals surface area contributed by atoms with E-state index in [4.69, 9.17) is 9.72 Å². The van der Waals surface area contributed by atoms with Crippen molar-refractivity contribution in [3.05, 3.63) is 58.7 Å². The Kier molecular flexibility index (Phi) is 8.38. The number of ether oxygens (including phenoxy) is 1. The number of nitrogens with one attached hydrogen (secondary N) is 1. The molecule has 0 unspecified atom stereocenters. The van der Waals surface area contributed by atoms with Crippen molar-refractivity contribution in [3.63, 3.8) is 0 Å². The number of nitrogens with zero attached hydrogens (tertiary/aromatic N) is 4. The number of hydrogen-bond donors (Lipinski definition) is 1. The number of carbonyl (C=O) groups is 1. The molecule has 1 amide bonds. The molecule has 0 bridgehead atoms. The van der Waals surface area contributed by atoms with E-state index in [1.165, 1.54) is 6.07 Å². The number of fused-ring (bicyclic) bond motifs is 1. The number of aromatic nitrogens is 1. The highest BCUT2D eigenvalue weighted by Gasteiger charge is 2.41. The summed E-state index contributed by atoms with van der Waals surface area (Å²) in [5.41, 5.74) is 4.23. The van der Waals surface area contributed by atoms with Crippen LogP contribution in [0.5, 0.6) is 0 Å². The molecule has 0 aliphatic carbocycles. The van der Waals surface area contributed by atoms with Gasteiger partial charge in [0, 0.05) is 68.4 Å². The molecule has 3 aliphatic heterocycles. The minimum absolute atomic E-state index is 0.110. The standard InChI is InChI=1S/C31H44FN5O2/c1-6-27-24(13-23-9-7-8-10-26(23)32)14-28-30(34-27)31(4,5)20-37(28)29(38)18-36-16-21(2)33-15-25(36)17-35-11-12-39-19-22(35)3/h7-10,14,21-22,25,33H,6,11-13,15-20H2,1-5H3/t21-,22-,25-/m1/s1. The lowest BCUT2D eigenvalue weighted by atomic mass is 9.90. The molecule has 2 saturated heterocycles. The predicted octanol–water partition coefficient (Wildman–Crippen LogP) is 3.38. The van der Waals surface area contributed by atoms with Crippen molar-refractivity contribution >= 4 is 11.6 Å². The topological polar surface area (TPSA) is 60.9 Å². The number of anilines is 1. The van der Waals surface area contributed by atoms with E-state index in [-0.39, 0.29) is 23.2 Å². The maximum atomic E-state index is 14.5. The number of morpholine rings is 1. The highest BCUT2D eigenvalue weighted by atomic mass is 19.1. The summed E-state index contributed by atoms with van der Waals surface area (Å²) in [6, 6.07) is 10.00. The number of hydrogen-bond acceptors (Lipinski definition) is 6. The number of halogens is 1. The Morgan fingerprint density at radius 1 is 1.21 bits per heavy atom. The molecule has 0 saturated carbocycles. The lowest BCUT2D eigenvalue weighted by molar-refractivity contribution is -0.121. The van der Waals surface area contributed by atoms with Gasteiger partial charge in [-0.25, -0.2) is 4.39 Å². The highest BCUT2D eigenvalue weighted by Crippen LogP contribution is 2.41. The molecular weight excluding hydrogens is 493 g/mol. The Hall–Kier alpha value is -2.39. The van der Waals surface area contributed by atoms with Gasteiger partial charge in [-0.2, -0.15) is 0 Å². The molecule has 1 aromatic heterocycles. The zero-order chi connectivity index (χ0) is 27.7. The van der Waals surface area contributed by atoms with Crippen LogP contribution in [0.4, 0.5) is 10.1 Å². The number of piperazine rings is 1. The molecule has 2 aromatic rings. The Morgan fingerprint density at radius 2 is 2.00 bits per heavy atom. The molecule has 212 valence electrons. The van der Waals surface area contributed by atoms with Gasteiger partial charge in [0.25, 0.3) is 0 Å². The van der Waals surface area contributed by atoms with E-state index < -0.39 is 0 Å². The second-order valence-corrected chi connectivity index (χ2v) is 12.3. The second kappa shape index (κ2) is 11.6. The summed E-state index contributed by atoms with van der Waals surface area (Å²) >= 11 is 0. The first-order valence-electron chi connectivity index (χ1n) is 14.5. The van der Waals surface area contributed by atoms with Crippen molar-refractivity contribution in [2.24, 2.45) is 0 Å². The number of pyridine rings is 1. The summed E-state index contributed by atoms with van der Waals surface area (Å²) in [6.07, 6.45) is 1.23. The number of aryl methyl sites for hydroxylation is 1. The zero-order valence-electron chi connectivity index (χ0n) is 24.2. The van der Waals surface area contributed by atoms with E-state index in [0.29, 0.717) is 37.2 Å². The van der Waals surface area contributed by atoms with Crippen molar-refractivity contribution in [2.75, 3.05) is 57.4 Å². The van der Waals surface area contributed by atoms with Gasteiger partial charge in [-0.1, -0.05) is 39.0 Å². The van der Waals surface area contributed by atoms with E-state index in [2.05, 4.69) is 55.8 Å². The number of amides is 1. The smallest absolute Gasteiger partial charge is 0.241 e. The summed E-state index contributed by atoms with van der Waals surface area (Å²) in [7, 11) is 0. The van der Waals surface area contributed by atoms with Gasteiger partial charge < -0.3 is 15.0 Å². The van der Waals surface area contributed by atoms with Crippen molar-refractivity contribution in [1.82, 2.24) is 20.1 Å². The Labute approximate surface area is 232 Å². The molecule has 5 rings (SSSR count). The average Bonchev–Trinajstić information content (AvgIpc) is 3.17. The maximum absolute atomic E-state index is 14.5. The molecule has 0 radical (unpaired) electrons. The van der Waals surface area contributed by atoms with E-state index >= 15 is 0 Å². The third kappa shape index (κ3) is 6.04. The predicted molar refractivity (Wildman–Crippen MR) is 153 cm³/mol. The van der Waals surface area contributed by atoms with Crippen molar-refractivity contribution in [2.45, 2.75) is 71.0 Å². The normalized spacial score (nSPS) is 25.6. The van der Waals surface area contributed by atoms with E-state index in [1.807, 2.05) is 17.0 Å². The van der Waals surface area contributed by atoms with Gasteiger partial charge in [0.1, 0.15) is 5.82 Å². The lowest BCUT2D eigenvalue weighted by Crippen LogP contribution is -2.62. The van der Waals surface area contributed by atoms with Crippen LogP contribution in [0.2, 0.25) is 0 Å². The fraction of sp³-hybridized carbons (Fsp3) is 0.613. The first-order valence-corrected chi connectivity index (χ1v) is 14.5. The van der Waals surface area contributed by atoms with Crippen LogP contribution in [-0.2, 0) is 27.8 Å². The van der Waals surface area contributed by atoms with Gasteiger partial charge in [-0.15, -0.1) is 0 Å². The molecule has 8 heteroatoms. The van der Waals surface area contributed by atoms with Gasteiger partial charge in [-0.3, -0.25) is 19.6 Å². The third-order valence-corrected chi connectivity index (χ3v) is 8.65. The van der Waals surface area contributed by atoms with Crippen molar-refractivity contribution in [3.8, 4) is 0 Å². The summed E-state index contributed by atoms with van der Waals surface area (Å²) < 4.78 is 20.2. The largest absolute Gasteiger partial charge is 0.379 e. The molecule has 0 spiro atoms. The average molecular weight is 538 g/mol. The lowest BCUT2D eigenvalue weighted by Gasteiger charge is -2.43. The van der Waals surface area contributed by atoms with Gasteiger partial charge in [0.15, 0.2) is 0 Å². The van der Waals surface area contributed by atoms with Gasteiger partial charge >= 0.3 is 0 Å². The SMILES string of the molecule is CCc1nc2c(cc1Cc1ccccc1F)N(C(=O)CN1C[C@@H](C)NC[C@@H]1CN1CCOC[C@H]1C)CC2(C)C. The monoisotopic (exact) mass is 537 g/mol. The van der Waals surface area contributed by atoms with Gasteiger partial charge in [0.2, 0.25) is 5.91 Å². The number of benzene rings is 1. The quantitative estimate of drug-likeness (QED) is 0.585. The van der Waals surface area contributed by atoms with Crippen LogP contribution in [0.1, 0.15) is 57.1 Å². The first-order chi connectivity index (χ1) is 18.7. The van der Waals surface area contributed by atoms with Crippen LogP contribution in [0.3, 0.4) is 0 Å². The third-order valence-electron chi connectivity index (χ3n) is 8.65. The fourth-order valence-electron chi connectivity index (χ4n) is 6.34. The highest BCUT2D eigenvalue weighted by molar-refractivity contribution is 5.97. The molecule has 1 aromatic carbocycles. The van der Waals surface area contributed by atoms with Crippen molar-refractivity contribution < 1.29 is 13.9 Å². The molecular formula is C31H44FN5O2. The van der Waals surface area contributed by atoms with Crippen LogP contribution >= 0.6 is 0 Å². The fourth-order valence-corrected chi connectivity index (χ4v) is 6.34. The molecule has 2 fully saturated rings. The van der Waals surface area contributed by atoms with Gasteiger partial charge in [0.05, 0.1) is 31.1 Å². The van der Waals surface area contributed by atoms with E-state index in [0.717, 1.165) is 68.5 Å². The molecule has 7 nitrogen and oxygen atoms in total. The van der Waals surface area contributed by atoms with E-state index in [1.54, 1.807) is 6.07 Å². The summed E-state index contributed by atoms with van der Waals surface area (Å²) in [5, 5.41) is 3.62. The summed E-state index contributed by atoms with van der Waals surface area (Å²) in [5.74, 6) is -0.0967. The van der Waals surface area contributed by atoms with Crippen LogP contribution in [0.15, 0.2) is 30.3 Å². The number of carbonyl (C=O) groups excluding carboxylic acids is 1. The van der Waals surface area contributed by atoms with Gasteiger partial charge in [-0.05, 0) is 43.5 Å². The molecule has 1 N–H and O–H groups in total. The van der Waals surface area contributed by atoms with Crippen LogP contribution in [-0.4, -0.2) is 91.3 Å². The molecule has 3 aliphatic rings. The van der Waals surface area contributed by atoms with Crippen LogP contribution in [0, 0.1) is 5.82 Å². The number of rotatable bonds is 7. The van der Waals surface area contributed by atoms with Crippen molar-refractivity contribution in [1.29, 1.82) is 0 Å². The maximum Gasteiger partial charge on any atom is 0.241 e. The summed E-state index contributed by atoms with van der Waals surface area (Å²) in [4.78, 5) is 25.9. The van der Waals surface area contributed by atoms with Crippen LogP contribution in [0.25, 0.3) is 0 Å². The zero-order valence-corrected chi connectivity index (χ0v) is 24.2. The Morgan fingerprint density at radius 3 is 2.74 bits per heavy atom. The Balaban J connectivity index is 1.39. The van der Waals surface area contributed by atoms with Crippen LogP contribution < -0.4 is 10.2 Å². The first kappa shape index (κ1) is 28.1.